The average Bonchev–Trinajstić information content (AvgIpc) is 2.80. The van der Waals surface area contributed by atoms with Crippen molar-refractivity contribution in [2.45, 2.75) is 19.4 Å². The number of anilines is 1. The predicted octanol–water partition coefficient (Wildman–Crippen LogP) is 1.43. The minimum Gasteiger partial charge on any atom is -0.369 e. The molecule has 1 aliphatic heterocycles. The molecule has 2 heterocycles. The van der Waals surface area contributed by atoms with Crippen LogP contribution in [0, 0.1) is 0 Å². The van der Waals surface area contributed by atoms with Crippen LogP contribution in [0.4, 0.5) is 5.82 Å². The topological polar surface area (TPSA) is 79.4 Å². The molecule has 0 saturated carbocycles. The molecular formula is C13H18ClN3O3S. The van der Waals surface area contributed by atoms with Gasteiger partial charge in [0.2, 0.25) is 0 Å². The van der Waals surface area contributed by atoms with Crippen molar-refractivity contribution in [3.05, 3.63) is 22.8 Å². The van der Waals surface area contributed by atoms with Crippen LogP contribution in [0.3, 0.4) is 0 Å². The van der Waals surface area contributed by atoms with Crippen molar-refractivity contribution in [1.29, 1.82) is 0 Å². The molecule has 1 aromatic heterocycles. The number of nitrogens with zero attached hydrogens (tertiary/aromatic N) is 2. The number of pyridine rings is 1. The van der Waals surface area contributed by atoms with Crippen LogP contribution in [0.25, 0.3) is 0 Å². The van der Waals surface area contributed by atoms with E-state index in [1.165, 1.54) is 11.1 Å². The maximum atomic E-state index is 12.4. The molecule has 1 amide bonds. The van der Waals surface area contributed by atoms with Gasteiger partial charge in [-0.05, 0) is 19.4 Å². The summed E-state index contributed by atoms with van der Waals surface area (Å²) >= 11 is 6.07. The zero-order valence-electron chi connectivity index (χ0n) is 12.0. The number of nitrogens with one attached hydrogen (secondary N) is 1. The highest BCUT2D eigenvalue weighted by molar-refractivity contribution is 7.91. The molecule has 1 fully saturated rings. The summed E-state index contributed by atoms with van der Waals surface area (Å²) in [6.07, 6.45) is 1.92. The summed E-state index contributed by atoms with van der Waals surface area (Å²) in [5.41, 5.74) is 0.355. The molecule has 1 unspecified atom stereocenters. The first kappa shape index (κ1) is 16.0. The van der Waals surface area contributed by atoms with Crippen molar-refractivity contribution < 1.29 is 13.2 Å². The van der Waals surface area contributed by atoms with Crippen molar-refractivity contribution in [3.8, 4) is 0 Å². The highest BCUT2D eigenvalue weighted by atomic mass is 35.5. The van der Waals surface area contributed by atoms with Crippen LogP contribution in [0.5, 0.6) is 0 Å². The first-order valence-electron chi connectivity index (χ1n) is 6.71. The number of carbonyl (C=O) groups is 1. The number of carbonyl (C=O) groups excluding carboxylic acids is 1. The fourth-order valence-electron chi connectivity index (χ4n) is 2.30. The second-order valence-electron chi connectivity index (χ2n) is 5.06. The SMILES string of the molecule is CCNc1ncc(C(=O)N(C)C2CCS(=O)(=O)C2)cc1Cl. The number of hydrogen-bond acceptors (Lipinski definition) is 5. The van der Waals surface area contributed by atoms with Gasteiger partial charge in [0, 0.05) is 25.8 Å². The molecule has 0 aliphatic carbocycles. The van der Waals surface area contributed by atoms with E-state index in [0.717, 1.165) is 0 Å². The Morgan fingerprint density at radius 1 is 1.57 bits per heavy atom. The third-order valence-electron chi connectivity index (χ3n) is 3.51. The standard InChI is InChI=1S/C13H18ClN3O3S/c1-3-15-12-11(14)6-9(7-16-12)13(18)17(2)10-4-5-21(19,20)8-10/h6-7,10H,3-5,8H2,1-2H3,(H,15,16). The van der Waals surface area contributed by atoms with Gasteiger partial charge in [0.1, 0.15) is 5.82 Å². The van der Waals surface area contributed by atoms with E-state index in [9.17, 15) is 13.2 Å². The van der Waals surface area contributed by atoms with Crippen molar-refractivity contribution in [3.63, 3.8) is 0 Å². The van der Waals surface area contributed by atoms with E-state index in [4.69, 9.17) is 11.6 Å². The lowest BCUT2D eigenvalue weighted by atomic mass is 10.2. The maximum absolute atomic E-state index is 12.4. The highest BCUT2D eigenvalue weighted by Gasteiger charge is 2.33. The molecule has 2 rings (SSSR count). The lowest BCUT2D eigenvalue weighted by Crippen LogP contribution is -2.37. The molecule has 8 heteroatoms. The Bertz CT molecular complexity index is 648. The van der Waals surface area contributed by atoms with Crippen molar-refractivity contribution in [2.24, 2.45) is 0 Å². The van der Waals surface area contributed by atoms with Crippen LogP contribution in [-0.2, 0) is 9.84 Å². The second kappa shape index (κ2) is 6.19. The Morgan fingerprint density at radius 3 is 2.81 bits per heavy atom. The minimum atomic E-state index is -3.02. The van der Waals surface area contributed by atoms with Gasteiger partial charge in [0.15, 0.2) is 9.84 Å². The fourth-order valence-corrected chi connectivity index (χ4v) is 4.31. The summed E-state index contributed by atoms with van der Waals surface area (Å²) in [4.78, 5) is 18.0. The smallest absolute Gasteiger partial charge is 0.255 e. The molecule has 0 spiro atoms. The molecule has 1 atom stereocenters. The number of amides is 1. The monoisotopic (exact) mass is 331 g/mol. The van der Waals surface area contributed by atoms with Gasteiger partial charge in [-0.2, -0.15) is 0 Å². The fraction of sp³-hybridized carbons (Fsp3) is 0.538. The van der Waals surface area contributed by atoms with Crippen molar-refractivity contribution in [2.75, 3.05) is 30.4 Å². The minimum absolute atomic E-state index is 0.0197. The molecule has 0 bridgehead atoms. The van der Waals surface area contributed by atoms with E-state index in [1.807, 2.05) is 6.92 Å². The van der Waals surface area contributed by atoms with Crippen molar-refractivity contribution in [1.82, 2.24) is 9.88 Å². The largest absolute Gasteiger partial charge is 0.369 e. The number of aromatic nitrogens is 1. The molecule has 1 aliphatic rings. The van der Waals surface area contributed by atoms with Gasteiger partial charge in [0.05, 0.1) is 22.1 Å². The summed E-state index contributed by atoms with van der Waals surface area (Å²) in [6.45, 7) is 2.60. The molecule has 1 aromatic rings. The third-order valence-corrected chi connectivity index (χ3v) is 5.55. The summed E-state index contributed by atoms with van der Waals surface area (Å²) in [7, 11) is -1.41. The van der Waals surface area contributed by atoms with Gasteiger partial charge in [0.25, 0.3) is 5.91 Å². The van der Waals surface area contributed by atoms with E-state index in [0.29, 0.717) is 29.4 Å². The summed E-state index contributed by atoms with van der Waals surface area (Å²) in [6, 6.07) is 1.27. The summed E-state index contributed by atoms with van der Waals surface area (Å²) in [5.74, 6) is 0.413. The van der Waals surface area contributed by atoms with E-state index in [-0.39, 0.29) is 23.5 Å². The third kappa shape index (κ3) is 3.65. The zero-order chi connectivity index (χ0) is 15.6. The van der Waals surface area contributed by atoms with Gasteiger partial charge < -0.3 is 10.2 Å². The molecular weight excluding hydrogens is 314 g/mol. The Kier molecular flexibility index (Phi) is 4.73. The van der Waals surface area contributed by atoms with Crippen LogP contribution in [0.2, 0.25) is 5.02 Å². The van der Waals surface area contributed by atoms with Crippen LogP contribution in [0.1, 0.15) is 23.7 Å². The Hall–Kier alpha value is -1.34. The van der Waals surface area contributed by atoms with Gasteiger partial charge >= 0.3 is 0 Å². The molecule has 1 N–H and O–H groups in total. The van der Waals surface area contributed by atoms with E-state index in [1.54, 1.807) is 13.1 Å². The average molecular weight is 332 g/mol. The highest BCUT2D eigenvalue weighted by Crippen LogP contribution is 2.22. The second-order valence-corrected chi connectivity index (χ2v) is 7.69. The number of rotatable bonds is 4. The van der Waals surface area contributed by atoms with Crippen LogP contribution < -0.4 is 5.32 Å². The zero-order valence-corrected chi connectivity index (χ0v) is 13.5. The summed E-state index contributed by atoms with van der Waals surface area (Å²) in [5, 5.41) is 3.36. The Labute approximate surface area is 129 Å². The number of halogens is 1. The Balaban J connectivity index is 2.14. The normalized spacial score (nSPS) is 20.2. The van der Waals surface area contributed by atoms with Crippen molar-refractivity contribution >= 4 is 33.2 Å². The quantitative estimate of drug-likeness (QED) is 0.902. The van der Waals surface area contributed by atoms with Gasteiger partial charge in [-0.15, -0.1) is 0 Å². The maximum Gasteiger partial charge on any atom is 0.255 e. The molecule has 116 valence electrons. The van der Waals surface area contributed by atoms with Crippen LogP contribution >= 0.6 is 11.6 Å². The van der Waals surface area contributed by atoms with E-state index < -0.39 is 9.84 Å². The van der Waals surface area contributed by atoms with Gasteiger partial charge in [-0.3, -0.25) is 4.79 Å². The first-order chi connectivity index (χ1) is 9.84. The number of sulfone groups is 1. The molecule has 0 aromatic carbocycles. The van der Waals surface area contributed by atoms with Crippen LogP contribution in [0.15, 0.2) is 12.3 Å². The van der Waals surface area contributed by atoms with E-state index >= 15 is 0 Å². The molecule has 21 heavy (non-hydrogen) atoms. The van der Waals surface area contributed by atoms with Gasteiger partial charge in [-0.1, -0.05) is 11.6 Å². The van der Waals surface area contributed by atoms with Gasteiger partial charge in [-0.25, -0.2) is 13.4 Å². The predicted molar refractivity (Wildman–Crippen MR) is 82.6 cm³/mol. The number of hydrogen-bond donors (Lipinski definition) is 1. The summed E-state index contributed by atoms with van der Waals surface area (Å²) < 4.78 is 23.0. The molecule has 1 saturated heterocycles. The molecule has 6 nitrogen and oxygen atoms in total. The lowest BCUT2D eigenvalue weighted by molar-refractivity contribution is 0.0747. The molecule has 0 radical (unpaired) electrons. The lowest BCUT2D eigenvalue weighted by Gasteiger charge is -2.23. The first-order valence-corrected chi connectivity index (χ1v) is 8.91. The van der Waals surface area contributed by atoms with Crippen LogP contribution in [-0.4, -0.2) is 55.3 Å². The Morgan fingerprint density at radius 2 is 2.29 bits per heavy atom. The van der Waals surface area contributed by atoms with E-state index in [2.05, 4.69) is 10.3 Å².